The SMILES string of the molecule is Cc1cccc(C)c1-n1c(S[C@@H]2CCCC2=O)nnc1-c1cccc(S(=O)(=O)N(C)C)c1. The summed E-state index contributed by atoms with van der Waals surface area (Å²) in [5.41, 5.74) is 3.68. The summed E-state index contributed by atoms with van der Waals surface area (Å²) in [6.07, 6.45) is 2.33. The first kappa shape index (κ1) is 22.7. The first-order chi connectivity index (χ1) is 15.2. The van der Waals surface area contributed by atoms with Crippen LogP contribution in [0.1, 0.15) is 30.4 Å². The van der Waals surface area contributed by atoms with Crippen molar-refractivity contribution in [3.8, 4) is 17.1 Å². The summed E-state index contributed by atoms with van der Waals surface area (Å²) in [4.78, 5) is 12.5. The molecule has 0 unspecified atom stereocenters. The van der Waals surface area contributed by atoms with E-state index in [4.69, 9.17) is 0 Å². The number of rotatable bonds is 6. The highest BCUT2D eigenvalue weighted by atomic mass is 32.2. The van der Waals surface area contributed by atoms with Crippen LogP contribution in [0.4, 0.5) is 0 Å². The average molecular weight is 471 g/mol. The Morgan fingerprint density at radius 1 is 1.06 bits per heavy atom. The van der Waals surface area contributed by atoms with Gasteiger partial charge in [0.05, 0.1) is 15.8 Å². The molecule has 168 valence electrons. The van der Waals surface area contributed by atoms with E-state index >= 15 is 0 Å². The van der Waals surface area contributed by atoms with Crippen molar-refractivity contribution in [2.45, 2.75) is 48.4 Å². The second-order valence-electron chi connectivity index (χ2n) is 8.16. The van der Waals surface area contributed by atoms with E-state index < -0.39 is 10.0 Å². The molecule has 0 bridgehead atoms. The molecule has 0 radical (unpaired) electrons. The van der Waals surface area contributed by atoms with E-state index in [1.54, 1.807) is 18.2 Å². The van der Waals surface area contributed by atoms with Crippen LogP contribution in [0.3, 0.4) is 0 Å². The molecule has 0 saturated heterocycles. The summed E-state index contributed by atoms with van der Waals surface area (Å²) in [7, 11) is -0.577. The van der Waals surface area contributed by atoms with Gasteiger partial charge in [-0.3, -0.25) is 9.36 Å². The fraction of sp³-hybridized carbons (Fsp3) is 0.348. The molecule has 0 spiro atoms. The van der Waals surface area contributed by atoms with Gasteiger partial charge >= 0.3 is 0 Å². The molecule has 1 saturated carbocycles. The van der Waals surface area contributed by atoms with E-state index in [1.807, 2.05) is 42.7 Å². The lowest BCUT2D eigenvalue weighted by molar-refractivity contribution is -0.116. The maximum absolute atomic E-state index is 12.7. The third-order valence-electron chi connectivity index (χ3n) is 5.66. The number of nitrogens with zero attached hydrogens (tertiary/aromatic N) is 4. The minimum atomic E-state index is -3.59. The highest BCUT2D eigenvalue weighted by Gasteiger charge is 2.29. The van der Waals surface area contributed by atoms with Gasteiger partial charge < -0.3 is 0 Å². The molecule has 1 atom stereocenters. The van der Waals surface area contributed by atoms with Gasteiger partial charge in [-0.05, 0) is 49.9 Å². The lowest BCUT2D eigenvalue weighted by atomic mass is 10.1. The van der Waals surface area contributed by atoms with Crippen molar-refractivity contribution in [1.82, 2.24) is 19.1 Å². The number of ketones is 1. The van der Waals surface area contributed by atoms with Crippen LogP contribution < -0.4 is 0 Å². The normalized spacial score (nSPS) is 16.8. The molecule has 9 heteroatoms. The van der Waals surface area contributed by atoms with E-state index in [0.29, 0.717) is 23.0 Å². The van der Waals surface area contributed by atoms with Crippen LogP contribution >= 0.6 is 11.8 Å². The van der Waals surface area contributed by atoms with Crippen molar-refractivity contribution in [3.63, 3.8) is 0 Å². The van der Waals surface area contributed by atoms with Gasteiger partial charge in [0.2, 0.25) is 10.0 Å². The monoisotopic (exact) mass is 470 g/mol. The van der Waals surface area contributed by atoms with Gasteiger partial charge in [-0.25, -0.2) is 12.7 Å². The molecule has 32 heavy (non-hydrogen) atoms. The molecule has 7 nitrogen and oxygen atoms in total. The van der Waals surface area contributed by atoms with Crippen LogP contribution in [0, 0.1) is 13.8 Å². The standard InChI is InChI=1S/C23H26N4O3S2/c1-15-8-5-9-16(2)21(15)27-22(24-25-23(27)31-20-13-7-12-19(20)28)17-10-6-11-18(14-17)32(29,30)26(3)4/h5-6,8-11,14,20H,7,12-13H2,1-4H3/t20-/m1/s1. The van der Waals surface area contributed by atoms with Crippen LogP contribution in [-0.2, 0) is 14.8 Å². The Bertz CT molecular complexity index is 1260. The predicted molar refractivity (Wildman–Crippen MR) is 126 cm³/mol. The summed E-state index contributed by atoms with van der Waals surface area (Å²) >= 11 is 1.44. The number of benzene rings is 2. The van der Waals surface area contributed by atoms with E-state index in [1.165, 1.54) is 30.2 Å². The number of para-hydroxylation sites is 1. The molecule has 1 heterocycles. The highest BCUT2D eigenvalue weighted by molar-refractivity contribution is 8.00. The van der Waals surface area contributed by atoms with Gasteiger partial charge in [0, 0.05) is 26.1 Å². The number of carbonyl (C=O) groups is 1. The Kier molecular flexibility index (Phi) is 6.24. The van der Waals surface area contributed by atoms with Crippen LogP contribution in [0.2, 0.25) is 0 Å². The van der Waals surface area contributed by atoms with Crippen LogP contribution in [0.5, 0.6) is 0 Å². The minimum absolute atomic E-state index is 0.129. The Hall–Kier alpha value is -2.49. The van der Waals surface area contributed by atoms with Gasteiger partial charge in [0.1, 0.15) is 5.78 Å². The summed E-state index contributed by atoms with van der Waals surface area (Å²) in [5.74, 6) is 0.790. The molecule has 1 fully saturated rings. The number of aryl methyl sites for hydroxylation is 2. The molecule has 0 N–H and O–H groups in total. The van der Waals surface area contributed by atoms with Gasteiger partial charge in [-0.2, -0.15) is 0 Å². The fourth-order valence-electron chi connectivity index (χ4n) is 3.94. The average Bonchev–Trinajstić information content (AvgIpc) is 3.35. The van der Waals surface area contributed by atoms with Crippen LogP contribution in [-0.4, -0.2) is 52.6 Å². The third-order valence-corrected chi connectivity index (χ3v) is 8.73. The van der Waals surface area contributed by atoms with Gasteiger partial charge in [0.25, 0.3) is 0 Å². The van der Waals surface area contributed by atoms with E-state index in [2.05, 4.69) is 10.2 Å². The Morgan fingerprint density at radius 3 is 2.38 bits per heavy atom. The summed E-state index contributed by atoms with van der Waals surface area (Å²) in [6.45, 7) is 4.04. The zero-order valence-electron chi connectivity index (χ0n) is 18.6. The largest absolute Gasteiger partial charge is 0.298 e. The molecule has 0 amide bonds. The summed E-state index contributed by atoms with van der Waals surface area (Å²) in [5, 5.41) is 9.40. The molecule has 4 rings (SSSR count). The highest BCUT2D eigenvalue weighted by Crippen LogP contribution is 2.37. The van der Waals surface area contributed by atoms with Crippen molar-refractivity contribution < 1.29 is 13.2 Å². The Morgan fingerprint density at radius 2 is 1.75 bits per heavy atom. The van der Waals surface area contributed by atoms with Gasteiger partial charge in [-0.15, -0.1) is 10.2 Å². The first-order valence-electron chi connectivity index (χ1n) is 10.4. The zero-order valence-corrected chi connectivity index (χ0v) is 20.2. The first-order valence-corrected chi connectivity index (χ1v) is 12.8. The topological polar surface area (TPSA) is 85.2 Å². The van der Waals surface area contributed by atoms with Crippen molar-refractivity contribution in [3.05, 3.63) is 53.6 Å². The van der Waals surface area contributed by atoms with Gasteiger partial charge in [-0.1, -0.05) is 42.1 Å². The number of hydrogen-bond acceptors (Lipinski definition) is 6. The van der Waals surface area contributed by atoms with E-state index in [0.717, 1.165) is 29.7 Å². The molecule has 1 aromatic heterocycles. The quantitative estimate of drug-likeness (QED) is 0.541. The lowest BCUT2D eigenvalue weighted by Crippen LogP contribution is -2.22. The maximum atomic E-state index is 12.7. The molecule has 1 aliphatic rings. The van der Waals surface area contributed by atoms with Crippen LogP contribution in [0.15, 0.2) is 52.5 Å². The second-order valence-corrected chi connectivity index (χ2v) is 11.5. The number of thioether (sulfide) groups is 1. The van der Waals surface area contributed by atoms with Gasteiger partial charge in [0.15, 0.2) is 11.0 Å². The van der Waals surface area contributed by atoms with E-state index in [-0.39, 0.29) is 15.9 Å². The minimum Gasteiger partial charge on any atom is -0.298 e. The summed E-state index contributed by atoms with van der Waals surface area (Å²) in [6, 6.07) is 12.8. The number of sulfonamides is 1. The number of hydrogen-bond donors (Lipinski definition) is 0. The molecule has 0 aliphatic heterocycles. The molecule has 1 aliphatic carbocycles. The van der Waals surface area contributed by atoms with Crippen molar-refractivity contribution >= 4 is 27.6 Å². The Labute approximate surface area is 192 Å². The molecular formula is C23H26N4O3S2. The van der Waals surface area contributed by atoms with E-state index in [9.17, 15) is 13.2 Å². The van der Waals surface area contributed by atoms with Crippen molar-refractivity contribution in [2.75, 3.05) is 14.1 Å². The fourth-order valence-corrected chi connectivity index (χ4v) is 6.04. The predicted octanol–water partition coefficient (Wildman–Crippen LogP) is 4.02. The maximum Gasteiger partial charge on any atom is 0.242 e. The smallest absolute Gasteiger partial charge is 0.242 e. The second kappa shape index (κ2) is 8.80. The molecule has 2 aromatic carbocycles. The Balaban J connectivity index is 1.90. The lowest BCUT2D eigenvalue weighted by Gasteiger charge is -2.17. The molecule has 3 aromatic rings. The summed E-state index contributed by atoms with van der Waals surface area (Å²) < 4.78 is 28.5. The van der Waals surface area contributed by atoms with Crippen molar-refractivity contribution in [1.29, 1.82) is 0 Å². The zero-order chi connectivity index (χ0) is 23.0. The van der Waals surface area contributed by atoms with Crippen molar-refractivity contribution in [2.24, 2.45) is 0 Å². The number of Topliss-reactive ketones (excluding diaryl/α,β-unsaturated/α-hetero) is 1. The molecular weight excluding hydrogens is 444 g/mol. The number of aromatic nitrogens is 3. The van der Waals surface area contributed by atoms with Crippen LogP contribution in [0.25, 0.3) is 17.1 Å². The number of carbonyl (C=O) groups excluding carboxylic acids is 1. The third kappa shape index (κ3) is 4.12.